The van der Waals surface area contributed by atoms with Gasteiger partial charge in [0.05, 0.1) is 5.69 Å². The molecule has 0 saturated carbocycles. The standard InChI is InChI=1S/C11H13N5OS/c1-18-11-8(10(17)14-13)9(12)16(15-11)7-5-3-2-4-6-7/h2-6H,12-13H2,1H3,(H,14,17). The normalized spacial score (nSPS) is 10.3. The SMILES string of the molecule is CSc1nn(-c2ccccc2)c(N)c1C(=O)NN. The maximum atomic E-state index is 11.7. The number of carbonyl (C=O) groups excluding carboxylic acids is 1. The molecule has 2 rings (SSSR count). The molecule has 0 saturated heterocycles. The minimum absolute atomic E-state index is 0.272. The summed E-state index contributed by atoms with van der Waals surface area (Å²) in [6, 6.07) is 9.36. The van der Waals surface area contributed by atoms with Crippen LogP contribution >= 0.6 is 11.8 Å². The van der Waals surface area contributed by atoms with Crippen LogP contribution in [0.4, 0.5) is 5.82 Å². The summed E-state index contributed by atoms with van der Waals surface area (Å²) >= 11 is 1.34. The zero-order chi connectivity index (χ0) is 13.1. The van der Waals surface area contributed by atoms with Crippen molar-refractivity contribution in [2.75, 3.05) is 12.0 Å². The zero-order valence-corrected chi connectivity index (χ0v) is 10.6. The fourth-order valence-corrected chi connectivity index (χ4v) is 2.17. The number of thioether (sulfide) groups is 1. The van der Waals surface area contributed by atoms with Gasteiger partial charge in [-0.25, -0.2) is 10.5 Å². The summed E-state index contributed by atoms with van der Waals surface area (Å²) in [5.74, 6) is 4.97. The van der Waals surface area contributed by atoms with Crippen LogP contribution in [0.1, 0.15) is 10.4 Å². The number of hydrazine groups is 1. The fraction of sp³-hybridized carbons (Fsp3) is 0.0909. The molecular formula is C11H13N5OS. The average Bonchev–Trinajstić information content (AvgIpc) is 2.76. The molecule has 2 aromatic rings. The highest BCUT2D eigenvalue weighted by Crippen LogP contribution is 2.26. The molecule has 1 amide bonds. The van der Waals surface area contributed by atoms with E-state index in [2.05, 4.69) is 10.5 Å². The van der Waals surface area contributed by atoms with Crippen LogP contribution in [-0.4, -0.2) is 21.9 Å². The first-order valence-corrected chi connectivity index (χ1v) is 6.40. The van der Waals surface area contributed by atoms with Crippen molar-refractivity contribution < 1.29 is 4.79 Å². The number of amides is 1. The van der Waals surface area contributed by atoms with Gasteiger partial charge in [0.1, 0.15) is 16.4 Å². The smallest absolute Gasteiger partial charge is 0.271 e. The highest BCUT2D eigenvalue weighted by atomic mass is 32.2. The van der Waals surface area contributed by atoms with Gasteiger partial charge in [-0.2, -0.15) is 5.10 Å². The lowest BCUT2D eigenvalue weighted by atomic mass is 10.3. The molecule has 0 aliphatic rings. The maximum absolute atomic E-state index is 11.7. The molecule has 18 heavy (non-hydrogen) atoms. The summed E-state index contributed by atoms with van der Waals surface area (Å²) in [4.78, 5) is 11.7. The Hall–Kier alpha value is -1.99. The van der Waals surface area contributed by atoms with Gasteiger partial charge in [-0.15, -0.1) is 11.8 Å². The monoisotopic (exact) mass is 263 g/mol. The second-order valence-corrected chi connectivity index (χ2v) is 4.29. The largest absolute Gasteiger partial charge is 0.383 e. The van der Waals surface area contributed by atoms with Crippen LogP contribution in [0.2, 0.25) is 0 Å². The van der Waals surface area contributed by atoms with Gasteiger partial charge in [0, 0.05) is 0 Å². The van der Waals surface area contributed by atoms with Gasteiger partial charge in [-0.3, -0.25) is 10.2 Å². The number of carbonyl (C=O) groups is 1. The molecule has 1 heterocycles. The molecule has 7 heteroatoms. The molecule has 0 unspecified atom stereocenters. The Morgan fingerprint density at radius 2 is 2.06 bits per heavy atom. The molecule has 1 aromatic carbocycles. The third-order valence-electron chi connectivity index (χ3n) is 2.44. The van der Waals surface area contributed by atoms with Crippen molar-refractivity contribution in [2.45, 2.75) is 5.03 Å². The first-order chi connectivity index (χ1) is 8.69. The summed E-state index contributed by atoms with van der Waals surface area (Å²) in [5.41, 5.74) is 9.13. The van der Waals surface area contributed by atoms with Gasteiger partial charge in [-0.1, -0.05) is 18.2 Å². The summed E-state index contributed by atoms with van der Waals surface area (Å²) in [5, 5.41) is 4.85. The number of para-hydroxylation sites is 1. The molecule has 0 aliphatic heterocycles. The van der Waals surface area contributed by atoms with Crippen LogP contribution in [0.25, 0.3) is 5.69 Å². The molecule has 5 N–H and O–H groups in total. The van der Waals surface area contributed by atoms with Crippen LogP contribution in [0.5, 0.6) is 0 Å². The third-order valence-corrected chi connectivity index (χ3v) is 3.11. The quantitative estimate of drug-likeness (QED) is 0.329. The van der Waals surface area contributed by atoms with Crippen LogP contribution in [-0.2, 0) is 0 Å². The van der Waals surface area contributed by atoms with E-state index in [1.165, 1.54) is 16.4 Å². The van der Waals surface area contributed by atoms with E-state index in [9.17, 15) is 4.79 Å². The number of aromatic nitrogens is 2. The second-order valence-electron chi connectivity index (χ2n) is 3.49. The lowest BCUT2D eigenvalue weighted by molar-refractivity contribution is 0.0951. The zero-order valence-electron chi connectivity index (χ0n) is 9.75. The molecule has 94 valence electrons. The first-order valence-electron chi connectivity index (χ1n) is 5.18. The van der Waals surface area contributed by atoms with E-state index in [1.807, 2.05) is 36.6 Å². The van der Waals surface area contributed by atoms with Gasteiger partial charge in [0.25, 0.3) is 5.91 Å². The molecule has 6 nitrogen and oxygen atoms in total. The van der Waals surface area contributed by atoms with Gasteiger partial charge in [-0.05, 0) is 18.4 Å². The highest BCUT2D eigenvalue weighted by Gasteiger charge is 2.21. The topological polar surface area (TPSA) is 99.0 Å². The van der Waals surface area contributed by atoms with Gasteiger partial charge in [0.15, 0.2) is 0 Å². The van der Waals surface area contributed by atoms with E-state index >= 15 is 0 Å². The van der Waals surface area contributed by atoms with Crippen molar-refractivity contribution in [3.63, 3.8) is 0 Å². The summed E-state index contributed by atoms with van der Waals surface area (Å²) in [6.07, 6.45) is 1.82. The van der Waals surface area contributed by atoms with E-state index in [1.54, 1.807) is 0 Å². The number of nitrogens with zero attached hydrogens (tertiary/aromatic N) is 2. The molecule has 0 aliphatic carbocycles. The number of nitrogens with two attached hydrogens (primary N) is 2. The van der Waals surface area contributed by atoms with Crippen molar-refractivity contribution in [2.24, 2.45) is 5.84 Å². The molecule has 0 spiro atoms. The minimum atomic E-state index is -0.445. The van der Waals surface area contributed by atoms with Crippen molar-refractivity contribution in [1.82, 2.24) is 15.2 Å². The predicted octanol–water partition coefficient (Wildman–Crippen LogP) is 0.780. The molecular weight excluding hydrogens is 250 g/mol. The predicted molar refractivity (Wildman–Crippen MR) is 71.4 cm³/mol. The van der Waals surface area contributed by atoms with Crippen LogP contribution in [0.3, 0.4) is 0 Å². The van der Waals surface area contributed by atoms with Gasteiger partial charge >= 0.3 is 0 Å². The summed E-state index contributed by atoms with van der Waals surface area (Å²) < 4.78 is 1.52. The van der Waals surface area contributed by atoms with Crippen LogP contribution in [0, 0.1) is 0 Å². The lowest BCUT2D eigenvalue weighted by Crippen LogP contribution is -2.30. The van der Waals surface area contributed by atoms with E-state index in [4.69, 9.17) is 11.6 Å². The number of nitrogen functional groups attached to an aromatic ring is 2. The van der Waals surface area contributed by atoms with E-state index in [0.717, 1.165) is 5.69 Å². The Labute approximate surface area is 108 Å². The van der Waals surface area contributed by atoms with Gasteiger partial charge in [0.2, 0.25) is 0 Å². The Bertz CT molecular complexity index is 566. The second kappa shape index (κ2) is 5.11. The molecule has 0 bridgehead atoms. The number of rotatable bonds is 3. The van der Waals surface area contributed by atoms with E-state index in [0.29, 0.717) is 10.6 Å². The van der Waals surface area contributed by atoms with Gasteiger partial charge < -0.3 is 5.73 Å². The average molecular weight is 263 g/mol. The number of benzene rings is 1. The third kappa shape index (κ3) is 2.05. The lowest BCUT2D eigenvalue weighted by Gasteiger charge is -2.03. The Morgan fingerprint density at radius 1 is 1.39 bits per heavy atom. The maximum Gasteiger partial charge on any atom is 0.271 e. The summed E-state index contributed by atoms with van der Waals surface area (Å²) in [7, 11) is 0. The minimum Gasteiger partial charge on any atom is -0.383 e. The Kier molecular flexibility index (Phi) is 3.54. The fourth-order valence-electron chi connectivity index (χ4n) is 1.60. The molecule has 0 fully saturated rings. The van der Waals surface area contributed by atoms with E-state index < -0.39 is 5.91 Å². The molecule has 0 radical (unpaired) electrons. The van der Waals surface area contributed by atoms with E-state index in [-0.39, 0.29) is 5.82 Å². The van der Waals surface area contributed by atoms with Crippen molar-refractivity contribution in [1.29, 1.82) is 0 Å². The Morgan fingerprint density at radius 3 is 2.61 bits per heavy atom. The number of hydrogen-bond acceptors (Lipinski definition) is 5. The number of hydrogen-bond donors (Lipinski definition) is 3. The number of nitrogens with one attached hydrogen (secondary N) is 1. The summed E-state index contributed by atoms with van der Waals surface area (Å²) in [6.45, 7) is 0. The van der Waals surface area contributed by atoms with Crippen molar-refractivity contribution >= 4 is 23.5 Å². The van der Waals surface area contributed by atoms with Crippen LogP contribution < -0.4 is 17.0 Å². The van der Waals surface area contributed by atoms with Crippen molar-refractivity contribution in [3.8, 4) is 5.69 Å². The highest BCUT2D eigenvalue weighted by molar-refractivity contribution is 7.98. The molecule has 1 aromatic heterocycles. The van der Waals surface area contributed by atoms with Crippen molar-refractivity contribution in [3.05, 3.63) is 35.9 Å². The number of anilines is 1. The molecule has 0 atom stereocenters. The van der Waals surface area contributed by atoms with Crippen LogP contribution in [0.15, 0.2) is 35.4 Å². The Balaban J connectivity index is 2.58. The first kappa shape index (κ1) is 12.5.